The molecule has 0 aliphatic heterocycles. The molecule has 208 valence electrons. The molecule has 5 aromatic carbocycles. The second-order valence-electron chi connectivity index (χ2n) is 13.2. The summed E-state index contributed by atoms with van der Waals surface area (Å²) in [6.45, 7) is 13.4. The van der Waals surface area contributed by atoms with Crippen LogP contribution in [0.15, 0.2) is 109 Å². The van der Waals surface area contributed by atoms with Crippen molar-refractivity contribution in [3.8, 4) is 22.5 Å². The van der Waals surface area contributed by atoms with E-state index >= 15 is 0 Å². The molecular weight excluding hydrogens is 512 g/mol. The number of imidazole rings is 2. The van der Waals surface area contributed by atoms with Gasteiger partial charge in [0.15, 0.2) is 0 Å². The monoisotopic (exact) mass is 548 g/mol. The third-order valence-corrected chi connectivity index (χ3v) is 8.03. The Labute approximate surface area is 247 Å². The maximum absolute atomic E-state index is 5.35. The maximum atomic E-state index is 5.35. The van der Waals surface area contributed by atoms with Crippen LogP contribution in [0, 0.1) is 0 Å². The van der Waals surface area contributed by atoms with E-state index in [4.69, 9.17) is 9.97 Å². The molecular formula is C38H36N4. The van der Waals surface area contributed by atoms with Crippen molar-refractivity contribution in [2.45, 2.75) is 52.4 Å². The summed E-state index contributed by atoms with van der Waals surface area (Å²) in [4.78, 5) is 10.5. The van der Waals surface area contributed by atoms with Crippen LogP contribution < -0.4 is 0 Å². The summed E-state index contributed by atoms with van der Waals surface area (Å²) < 4.78 is 4.67. The van der Waals surface area contributed by atoms with Gasteiger partial charge < -0.3 is 0 Å². The van der Waals surface area contributed by atoms with E-state index in [0.29, 0.717) is 0 Å². The maximum Gasteiger partial charge on any atom is 0.119 e. The fourth-order valence-corrected chi connectivity index (χ4v) is 6.15. The van der Waals surface area contributed by atoms with Crippen LogP contribution in [0.25, 0.3) is 55.3 Å². The summed E-state index contributed by atoms with van der Waals surface area (Å²) in [6, 6.07) is 38.9. The summed E-state index contributed by atoms with van der Waals surface area (Å²) in [6.07, 6.45) is 0. The minimum absolute atomic E-state index is 0.127. The zero-order valence-corrected chi connectivity index (χ0v) is 25.2. The lowest BCUT2D eigenvalue weighted by Crippen LogP contribution is -2.18. The Morgan fingerprint density at radius 1 is 0.476 bits per heavy atom. The fraction of sp³-hybridized carbons (Fsp3) is 0.211. The van der Waals surface area contributed by atoms with Crippen LogP contribution >= 0.6 is 0 Å². The van der Waals surface area contributed by atoms with Gasteiger partial charge in [0, 0.05) is 27.5 Å². The van der Waals surface area contributed by atoms with Crippen molar-refractivity contribution in [2.24, 2.45) is 0 Å². The zero-order valence-electron chi connectivity index (χ0n) is 25.2. The first-order valence-corrected chi connectivity index (χ1v) is 14.7. The number of hydrogen-bond acceptors (Lipinski definition) is 2. The van der Waals surface area contributed by atoms with Crippen LogP contribution in [0.2, 0.25) is 0 Å². The van der Waals surface area contributed by atoms with Crippen molar-refractivity contribution in [2.75, 3.05) is 0 Å². The molecule has 0 N–H and O–H groups in total. The Kier molecular flexibility index (Phi) is 5.88. The molecule has 7 aromatic rings. The molecule has 0 spiro atoms. The number of benzene rings is 5. The second kappa shape index (κ2) is 9.42. The van der Waals surface area contributed by atoms with Crippen molar-refractivity contribution < 1.29 is 0 Å². The fourth-order valence-electron chi connectivity index (χ4n) is 6.15. The molecule has 4 heteroatoms. The lowest BCUT2D eigenvalue weighted by Gasteiger charge is -2.21. The molecule has 7 rings (SSSR count). The Hall–Kier alpha value is -4.70. The molecule has 0 radical (unpaired) electrons. The normalized spacial score (nSPS) is 12.5. The Bertz CT molecular complexity index is 2100. The standard InChI is InChI=1S/C38H36N4/c1-37(2,3)35-39-30-21-10-11-22-32(30)42(35)31-23-13-18-26-27(17-12-19-28(26)31)29-20-14-24-33-34(29)40-36(38(4,5)6)41(33)25-15-8-7-9-16-25/h7-24H,1-6H3. The summed E-state index contributed by atoms with van der Waals surface area (Å²) in [5.41, 5.74) is 8.61. The van der Waals surface area contributed by atoms with Gasteiger partial charge in [-0.1, -0.05) is 114 Å². The molecule has 0 unspecified atom stereocenters. The Morgan fingerprint density at radius 2 is 1.07 bits per heavy atom. The van der Waals surface area contributed by atoms with Gasteiger partial charge in [-0.15, -0.1) is 0 Å². The predicted octanol–water partition coefficient (Wildman–Crippen LogP) is 9.78. The molecule has 0 aliphatic rings. The lowest BCUT2D eigenvalue weighted by molar-refractivity contribution is 0.539. The molecule has 4 nitrogen and oxygen atoms in total. The SMILES string of the molecule is CC(C)(C)c1nc2ccccc2n1-c1cccc2c(-c3cccc4c3nc(C(C)(C)C)n4-c3ccccc3)cccc12. The van der Waals surface area contributed by atoms with Gasteiger partial charge in [0.25, 0.3) is 0 Å². The van der Waals surface area contributed by atoms with Crippen LogP contribution in [0.1, 0.15) is 53.2 Å². The van der Waals surface area contributed by atoms with Crippen molar-refractivity contribution in [1.82, 2.24) is 19.1 Å². The highest BCUT2D eigenvalue weighted by molar-refractivity contribution is 6.06. The van der Waals surface area contributed by atoms with Crippen LogP contribution in [0.4, 0.5) is 0 Å². The molecule has 0 saturated carbocycles. The van der Waals surface area contributed by atoms with Crippen molar-refractivity contribution in [1.29, 1.82) is 0 Å². The van der Waals surface area contributed by atoms with Gasteiger partial charge in [0.1, 0.15) is 11.6 Å². The summed E-state index contributed by atoms with van der Waals surface area (Å²) in [7, 11) is 0. The molecule has 0 fully saturated rings. The van der Waals surface area contributed by atoms with E-state index in [1.165, 1.54) is 16.3 Å². The molecule has 0 aliphatic carbocycles. The minimum Gasteiger partial charge on any atom is -0.296 e. The van der Waals surface area contributed by atoms with E-state index in [1.54, 1.807) is 0 Å². The zero-order chi connectivity index (χ0) is 29.2. The third kappa shape index (κ3) is 4.13. The number of rotatable bonds is 3. The highest BCUT2D eigenvalue weighted by Crippen LogP contribution is 2.39. The third-order valence-electron chi connectivity index (χ3n) is 8.03. The topological polar surface area (TPSA) is 35.6 Å². The first-order valence-electron chi connectivity index (χ1n) is 14.7. The number of nitrogens with zero attached hydrogens (tertiary/aromatic N) is 4. The predicted molar refractivity (Wildman–Crippen MR) is 176 cm³/mol. The Morgan fingerprint density at radius 3 is 1.83 bits per heavy atom. The molecule has 2 heterocycles. The van der Waals surface area contributed by atoms with E-state index < -0.39 is 0 Å². The van der Waals surface area contributed by atoms with Crippen LogP contribution in [0.3, 0.4) is 0 Å². The molecule has 0 atom stereocenters. The average molecular weight is 549 g/mol. The molecule has 0 bridgehead atoms. The highest BCUT2D eigenvalue weighted by Gasteiger charge is 2.27. The van der Waals surface area contributed by atoms with Gasteiger partial charge in [0.05, 0.1) is 27.8 Å². The van der Waals surface area contributed by atoms with Crippen molar-refractivity contribution in [3.63, 3.8) is 0 Å². The molecule has 42 heavy (non-hydrogen) atoms. The van der Waals surface area contributed by atoms with E-state index in [0.717, 1.165) is 50.7 Å². The van der Waals surface area contributed by atoms with Gasteiger partial charge in [-0.2, -0.15) is 0 Å². The summed E-state index contributed by atoms with van der Waals surface area (Å²) in [5.74, 6) is 2.11. The van der Waals surface area contributed by atoms with Gasteiger partial charge in [-0.05, 0) is 47.3 Å². The van der Waals surface area contributed by atoms with Gasteiger partial charge in [-0.25, -0.2) is 9.97 Å². The van der Waals surface area contributed by atoms with E-state index in [2.05, 4.69) is 160 Å². The van der Waals surface area contributed by atoms with E-state index in [9.17, 15) is 0 Å². The molecule has 0 saturated heterocycles. The second-order valence-corrected chi connectivity index (χ2v) is 13.2. The average Bonchev–Trinajstić information content (AvgIpc) is 3.57. The first kappa shape index (κ1) is 26.2. The van der Waals surface area contributed by atoms with Crippen LogP contribution in [-0.4, -0.2) is 19.1 Å². The lowest BCUT2D eigenvalue weighted by atomic mass is 9.94. The van der Waals surface area contributed by atoms with Gasteiger partial charge in [0.2, 0.25) is 0 Å². The minimum atomic E-state index is -0.135. The van der Waals surface area contributed by atoms with Crippen molar-refractivity contribution in [3.05, 3.63) is 121 Å². The first-order chi connectivity index (χ1) is 20.1. The largest absolute Gasteiger partial charge is 0.296 e. The Balaban J connectivity index is 1.52. The highest BCUT2D eigenvalue weighted by atomic mass is 15.1. The summed E-state index contributed by atoms with van der Waals surface area (Å²) >= 11 is 0. The van der Waals surface area contributed by atoms with Gasteiger partial charge >= 0.3 is 0 Å². The van der Waals surface area contributed by atoms with Crippen LogP contribution in [0.5, 0.6) is 0 Å². The summed E-state index contributed by atoms with van der Waals surface area (Å²) in [5, 5.41) is 2.39. The van der Waals surface area contributed by atoms with Crippen molar-refractivity contribution >= 4 is 32.8 Å². The number of hydrogen-bond donors (Lipinski definition) is 0. The molecule has 0 amide bonds. The number of aromatic nitrogens is 4. The smallest absolute Gasteiger partial charge is 0.119 e. The van der Waals surface area contributed by atoms with E-state index in [-0.39, 0.29) is 10.8 Å². The van der Waals surface area contributed by atoms with Gasteiger partial charge in [-0.3, -0.25) is 9.13 Å². The quantitative estimate of drug-likeness (QED) is 0.220. The van der Waals surface area contributed by atoms with Crippen LogP contribution in [-0.2, 0) is 10.8 Å². The van der Waals surface area contributed by atoms with E-state index in [1.807, 2.05) is 0 Å². The molecule has 2 aromatic heterocycles. The number of fused-ring (bicyclic) bond motifs is 3. The number of para-hydroxylation sites is 4.